The van der Waals surface area contributed by atoms with E-state index in [9.17, 15) is 9.90 Å². The minimum atomic E-state index is -0.813. The first-order valence-electron chi connectivity index (χ1n) is 11.6. The number of benzene rings is 2. The Labute approximate surface area is 193 Å². The predicted molar refractivity (Wildman–Crippen MR) is 128 cm³/mol. The molecule has 3 heterocycles. The lowest BCUT2D eigenvalue weighted by Crippen LogP contribution is -2.40. The number of para-hydroxylation sites is 1. The van der Waals surface area contributed by atoms with Crippen molar-refractivity contribution in [2.24, 2.45) is 0 Å². The zero-order valence-electron chi connectivity index (χ0n) is 18.6. The summed E-state index contributed by atoms with van der Waals surface area (Å²) < 4.78 is 12.1. The van der Waals surface area contributed by atoms with Crippen molar-refractivity contribution in [3.8, 4) is 5.88 Å². The Morgan fingerprint density at radius 1 is 1.15 bits per heavy atom. The minimum absolute atomic E-state index is 0.239. The number of aromatic nitrogens is 1. The molecular formula is C26H29N3O4. The first-order chi connectivity index (χ1) is 16.2. The normalized spacial score (nSPS) is 24.4. The molecule has 3 atom stereocenters. The minimum Gasteiger partial charge on any atom is -0.480 e. The van der Waals surface area contributed by atoms with E-state index in [4.69, 9.17) is 14.5 Å². The van der Waals surface area contributed by atoms with Gasteiger partial charge in [-0.25, -0.2) is 4.98 Å². The molecule has 3 unspecified atom stereocenters. The number of carboxylic acid groups (broad SMARTS) is 1. The molecule has 1 aromatic heterocycles. The number of allylic oxidation sites excluding steroid dienone is 1. The summed E-state index contributed by atoms with van der Waals surface area (Å²) in [5, 5.41) is 16.1. The smallest absolute Gasteiger partial charge is 0.321 e. The van der Waals surface area contributed by atoms with Crippen LogP contribution in [0.5, 0.6) is 5.88 Å². The maximum Gasteiger partial charge on any atom is 0.321 e. The predicted octanol–water partition coefficient (Wildman–Crippen LogP) is 3.67. The van der Waals surface area contributed by atoms with Gasteiger partial charge in [0, 0.05) is 43.4 Å². The second kappa shape index (κ2) is 9.87. The molecule has 1 fully saturated rings. The lowest BCUT2D eigenvalue weighted by atomic mass is 10.0. The fourth-order valence-corrected chi connectivity index (χ4v) is 4.71. The second-order valence-electron chi connectivity index (χ2n) is 8.66. The zero-order chi connectivity index (χ0) is 22.6. The number of hydrogen-bond acceptors (Lipinski definition) is 6. The van der Waals surface area contributed by atoms with E-state index in [1.807, 2.05) is 23.1 Å². The fraction of sp³-hybridized carbons (Fsp3) is 0.385. The molecule has 7 heteroatoms. The van der Waals surface area contributed by atoms with Crippen LogP contribution in [0.3, 0.4) is 0 Å². The molecule has 5 rings (SSSR count). The van der Waals surface area contributed by atoms with Gasteiger partial charge in [0.15, 0.2) is 0 Å². The first-order valence-corrected chi connectivity index (χ1v) is 11.6. The largest absolute Gasteiger partial charge is 0.480 e. The van der Waals surface area contributed by atoms with Crippen LogP contribution in [0.1, 0.15) is 24.8 Å². The fourth-order valence-electron chi connectivity index (χ4n) is 4.71. The molecule has 2 N–H and O–H groups in total. The first kappa shape index (κ1) is 21.8. The molecule has 0 aliphatic carbocycles. The molecule has 0 saturated carbocycles. The number of carboxylic acids is 1. The molecule has 0 radical (unpaired) electrons. The van der Waals surface area contributed by atoms with Gasteiger partial charge in [0.25, 0.3) is 0 Å². The maximum absolute atomic E-state index is 11.9. The van der Waals surface area contributed by atoms with Crippen LogP contribution in [0.2, 0.25) is 0 Å². The van der Waals surface area contributed by atoms with E-state index in [0.717, 1.165) is 40.1 Å². The number of fused-ring (bicyclic) bond motifs is 5. The van der Waals surface area contributed by atoms with E-state index in [1.165, 1.54) is 0 Å². The quantitative estimate of drug-likeness (QED) is 0.551. The number of hydrogen-bond donors (Lipinski definition) is 2. The average molecular weight is 448 g/mol. The van der Waals surface area contributed by atoms with Crippen LogP contribution in [0.4, 0.5) is 0 Å². The van der Waals surface area contributed by atoms with Gasteiger partial charge in [-0.2, -0.15) is 0 Å². The maximum atomic E-state index is 11.9. The van der Waals surface area contributed by atoms with Gasteiger partial charge in [0.2, 0.25) is 5.88 Å². The molecule has 4 bridgehead atoms. The van der Waals surface area contributed by atoms with Gasteiger partial charge in [-0.1, -0.05) is 42.5 Å². The topological polar surface area (TPSA) is 83.9 Å². The lowest BCUT2D eigenvalue weighted by molar-refractivity contribution is -0.142. The summed E-state index contributed by atoms with van der Waals surface area (Å²) in [5.74, 6) is -0.241. The summed E-state index contributed by atoms with van der Waals surface area (Å²) in [6.07, 6.45) is 6.37. The van der Waals surface area contributed by atoms with Crippen molar-refractivity contribution in [3.63, 3.8) is 0 Å². The van der Waals surface area contributed by atoms with Crippen molar-refractivity contribution < 1.29 is 19.4 Å². The molecule has 1 saturated heterocycles. The Bertz CT molecular complexity index is 1180. The van der Waals surface area contributed by atoms with E-state index in [0.29, 0.717) is 45.3 Å². The van der Waals surface area contributed by atoms with E-state index in [1.54, 1.807) is 0 Å². The molecule has 2 aliphatic rings. The van der Waals surface area contributed by atoms with Gasteiger partial charge in [0.1, 0.15) is 12.1 Å². The van der Waals surface area contributed by atoms with E-state index in [2.05, 4.69) is 41.7 Å². The molecule has 33 heavy (non-hydrogen) atoms. The summed E-state index contributed by atoms with van der Waals surface area (Å²) >= 11 is 0. The van der Waals surface area contributed by atoms with Gasteiger partial charge in [-0.3, -0.25) is 15.0 Å². The van der Waals surface area contributed by atoms with Crippen molar-refractivity contribution >= 4 is 33.7 Å². The molecule has 3 aromatic rings. The lowest BCUT2D eigenvalue weighted by Gasteiger charge is -2.21. The zero-order valence-corrected chi connectivity index (χ0v) is 18.6. The van der Waals surface area contributed by atoms with Crippen LogP contribution in [0.15, 0.2) is 48.5 Å². The standard InChI is InChI=1S/C26H29N3O4/c30-26(31)24-15-19-16-29(24)12-11-27-17-32-13-5-1-2-6-18-9-10-20-21-7-3-4-8-23(21)28-25(33-19)22(20)14-18/h2-4,6-10,14,19,24,27H,1,5,11-13,15-17H2,(H,30,31). The van der Waals surface area contributed by atoms with Crippen molar-refractivity contribution in [2.45, 2.75) is 31.4 Å². The Kier molecular flexibility index (Phi) is 6.53. The van der Waals surface area contributed by atoms with Crippen molar-refractivity contribution in [3.05, 3.63) is 54.1 Å². The average Bonchev–Trinajstić information content (AvgIpc) is 3.22. The summed E-state index contributed by atoms with van der Waals surface area (Å²) in [6.45, 7) is 2.99. The van der Waals surface area contributed by atoms with Gasteiger partial charge in [-0.05, 0) is 35.9 Å². The Balaban J connectivity index is 1.54. The van der Waals surface area contributed by atoms with Crippen molar-refractivity contribution in [1.82, 2.24) is 15.2 Å². The van der Waals surface area contributed by atoms with Gasteiger partial charge >= 0.3 is 5.97 Å². The number of aliphatic carboxylic acids is 1. The van der Waals surface area contributed by atoms with Crippen LogP contribution in [-0.4, -0.2) is 66.1 Å². The SMILES string of the molecule is O=C(O)C1CC2CN1CCNCOCCCC=Cc1ccc3c(c1)c(nc1ccccc13)O2. The number of ether oxygens (including phenoxy) is 2. The van der Waals surface area contributed by atoms with Crippen LogP contribution in [0.25, 0.3) is 27.8 Å². The monoisotopic (exact) mass is 447 g/mol. The molecule has 2 aromatic carbocycles. The third-order valence-electron chi connectivity index (χ3n) is 6.37. The van der Waals surface area contributed by atoms with Crippen LogP contribution in [-0.2, 0) is 9.53 Å². The number of nitrogens with one attached hydrogen (secondary N) is 1. The number of carbonyl (C=O) groups is 1. The van der Waals surface area contributed by atoms with Crippen LogP contribution < -0.4 is 10.1 Å². The molecule has 0 amide bonds. The van der Waals surface area contributed by atoms with Gasteiger partial charge in [-0.15, -0.1) is 0 Å². The molecule has 2 aliphatic heterocycles. The van der Waals surface area contributed by atoms with E-state index < -0.39 is 12.0 Å². The van der Waals surface area contributed by atoms with Crippen molar-refractivity contribution in [1.29, 1.82) is 0 Å². The Morgan fingerprint density at radius 2 is 2.06 bits per heavy atom. The number of rotatable bonds is 1. The third kappa shape index (κ3) is 4.85. The highest BCUT2D eigenvalue weighted by Crippen LogP contribution is 2.34. The molecule has 0 spiro atoms. The summed E-state index contributed by atoms with van der Waals surface area (Å²) in [6, 6.07) is 13.8. The summed E-state index contributed by atoms with van der Waals surface area (Å²) in [4.78, 5) is 18.7. The Hall–Kier alpha value is -3.00. The summed E-state index contributed by atoms with van der Waals surface area (Å²) in [7, 11) is 0. The third-order valence-corrected chi connectivity index (χ3v) is 6.37. The van der Waals surface area contributed by atoms with E-state index in [-0.39, 0.29) is 6.10 Å². The Morgan fingerprint density at radius 3 is 2.97 bits per heavy atom. The van der Waals surface area contributed by atoms with E-state index >= 15 is 0 Å². The number of pyridine rings is 1. The van der Waals surface area contributed by atoms with Crippen molar-refractivity contribution in [2.75, 3.05) is 33.0 Å². The van der Waals surface area contributed by atoms with Gasteiger partial charge in [0.05, 0.1) is 12.2 Å². The van der Waals surface area contributed by atoms with Gasteiger partial charge < -0.3 is 14.6 Å². The molecule has 172 valence electrons. The summed E-state index contributed by atoms with van der Waals surface area (Å²) in [5.41, 5.74) is 1.96. The molecule has 7 nitrogen and oxygen atoms in total. The highest BCUT2D eigenvalue weighted by atomic mass is 16.5. The van der Waals surface area contributed by atoms with Crippen LogP contribution >= 0.6 is 0 Å². The second-order valence-corrected chi connectivity index (χ2v) is 8.66. The highest BCUT2D eigenvalue weighted by Gasteiger charge is 2.38. The highest BCUT2D eigenvalue weighted by molar-refractivity contribution is 6.08. The number of nitrogens with zero attached hydrogens (tertiary/aromatic N) is 2. The van der Waals surface area contributed by atoms with Crippen LogP contribution in [0, 0.1) is 0 Å². The molecular weight excluding hydrogens is 418 g/mol.